The van der Waals surface area contributed by atoms with Gasteiger partial charge < -0.3 is 10.4 Å². The van der Waals surface area contributed by atoms with Crippen molar-refractivity contribution in [2.24, 2.45) is 0 Å². The zero-order valence-electron chi connectivity index (χ0n) is 10.2. The number of benzene rings is 1. The largest absolute Gasteiger partial charge is 0.388 e. The molecule has 2 aromatic rings. The summed E-state index contributed by atoms with van der Waals surface area (Å²) >= 11 is 7.37. The van der Waals surface area contributed by atoms with Crippen molar-refractivity contribution >= 4 is 28.8 Å². The first-order valence-electron chi connectivity index (χ1n) is 5.91. The molecule has 2 N–H and O–H groups in total. The minimum atomic E-state index is -0.536. The molecule has 1 aromatic heterocycles. The van der Waals surface area contributed by atoms with Crippen molar-refractivity contribution in [3.05, 3.63) is 57.2 Å². The van der Waals surface area contributed by atoms with E-state index in [1.54, 1.807) is 35.6 Å². The molecular weight excluding hydrogens is 282 g/mol. The van der Waals surface area contributed by atoms with Crippen LogP contribution in [0.3, 0.4) is 0 Å². The highest BCUT2D eigenvalue weighted by atomic mass is 35.5. The molecule has 0 bridgehead atoms. The lowest BCUT2D eigenvalue weighted by Gasteiger charge is -2.10. The van der Waals surface area contributed by atoms with Crippen LogP contribution in [0, 0.1) is 0 Å². The average molecular weight is 296 g/mol. The highest BCUT2D eigenvalue weighted by molar-refractivity contribution is 7.07. The maximum Gasteiger partial charge on any atom is 0.251 e. The number of halogens is 1. The van der Waals surface area contributed by atoms with Crippen LogP contribution >= 0.6 is 22.9 Å². The number of carbonyl (C=O) groups is 1. The molecule has 100 valence electrons. The fourth-order valence-corrected chi connectivity index (χ4v) is 2.58. The first-order chi connectivity index (χ1) is 9.16. The molecule has 0 spiro atoms. The van der Waals surface area contributed by atoms with Crippen LogP contribution in [0.25, 0.3) is 0 Å². The van der Waals surface area contributed by atoms with Gasteiger partial charge in [0.05, 0.1) is 6.10 Å². The van der Waals surface area contributed by atoms with Crippen LogP contribution in [0.1, 0.15) is 28.4 Å². The summed E-state index contributed by atoms with van der Waals surface area (Å²) < 4.78 is 0. The van der Waals surface area contributed by atoms with Crippen molar-refractivity contribution in [3.8, 4) is 0 Å². The topological polar surface area (TPSA) is 49.3 Å². The summed E-state index contributed by atoms with van der Waals surface area (Å²) in [5.74, 6) is -0.181. The standard InChI is InChI=1S/C14H14ClNO2S/c15-12-3-1-2-10(8-12)14(18)16-6-4-13(17)11-5-7-19-9-11/h1-3,5,7-9,13,17H,4,6H2,(H,16,18)/t13-/m1/s1. The van der Waals surface area contributed by atoms with Crippen LogP contribution in [0.5, 0.6) is 0 Å². The minimum Gasteiger partial charge on any atom is -0.388 e. The maximum absolute atomic E-state index is 11.8. The zero-order valence-corrected chi connectivity index (χ0v) is 11.7. The molecular formula is C14H14ClNO2S. The summed E-state index contributed by atoms with van der Waals surface area (Å²) in [7, 11) is 0. The quantitative estimate of drug-likeness (QED) is 0.889. The van der Waals surface area contributed by atoms with E-state index in [1.165, 1.54) is 0 Å². The van der Waals surface area contributed by atoms with Crippen molar-refractivity contribution in [1.82, 2.24) is 5.32 Å². The predicted octanol–water partition coefficient (Wildman–Crippen LogP) is 3.26. The first-order valence-corrected chi connectivity index (χ1v) is 7.23. The smallest absolute Gasteiger partial charge is 0.251 e. The van der Waals surface area contributed by atoms with Gasteiger partial charge in [-0.2, -0.15) is 11.3 Å². The van der Waals surface area contributed by atoms with Crippen molar-refractivity contribution in [2.75, 3.05) is 6.54 Å². The Kier molecular flexibility index (Phi) is 4.96. The third kappa shape index (κ3) is 4.06. The van der Waals surface area contributed by atoms with Crippen LogP contribution in [0.2, 0.25) is 5.02 Å². The molecule has 1 aromatic carbocycles. The molecule has 0 aliphatic rings. The van der Waals surface area contributed by atoms with Crippen molar-refractivity contribution in [1.29, 1.82) is 0 Å². The van der Waals surface area contributed by atoms with Gasteiger partial charge in [-0.05, 0) is 47.0 Å². The van der Waals surface area contributed by atoms with E-state index >= 15 is 0 Å². The van der Waals surface area contributed by atoms with E-state index in [1.807, 2.05) is 16.8 Å². The number of amides is 1. The Morgan fingerprint density at radius 2 is 2.26 bits per heavy atom. The van der Waals surface area contributed by atoms with E-state index in [-0.39, 0.29) is 5.91 Å². The Morgan fingerprint density at radius 1 is 1.42 bits per heavy atom. The molecule has 2 rings (SSSR count). The Morgan fingerprint density at radius 3 is 2.95 bits per heavy atom. The molecule has 3 nitrogen and oxygen atoms in total. The molecule has 0 saturated carbocycles. The van der Waals surface area contributed by atoms with Gasteiger partial charge in [0.15, 0.2) is 0 Å². The van der Waals surface area contributed by atoms with Gasteiger partial charge in [-0.15, -0.1) is 0 Å². The van der Waals surface area contributed by atoms with E-state index in [0.717, 1.165) is 5.56 Å². The highest BCUT2D eigenvalue weighted by Crippen LogP contribution is 2.18. The van der Waals surface area contributed by atoms with E-state index in [0.29, 0.717) is 23.6 Å². The Bertz CT molecular complexity index is 542. The molecule has 0 fully saturated rings. The summed E-state index contributed by atoms with van der Waals surface area (Å²) in [6, 6.07) is 8.66. The number of hydrogen-bond donors (Lipinski definition) is 2. The van der Waals surface area contributed by atoms with Crippen LogP contribution < -0.4 is 5.32 Å². The molecule has 0 unspecified atom stereocenters. The van der Waals surface area contributed by atoms with Crippen LogP contribution in [0.4, 0.5) is 0 Å². The normalized spacial score (nSPS) is 12.1. The maximum atomic E-state index is 11.8. The Labute approximate surface area is 120 Å². The second-order valence-corrected chi connectivity index (χ2v) is 5.34. The minimum absolute atomic E-state index is 0.181. The monoisotopic (exact) mass is 295 g/mol. The number of carbonyl (C=O) groups excluding carboxylic acids is 1. The molecule has 1 amide bonds. The Hall–Kier alpha value is -1.36. The second-order valence-electron chi connectivity index (χ2n) is 4.13. The summed E-state index contributed by atoms with van der Waals surface area (Å²) in [5, 5.41) is 17.0. The van der Waals surface area contributed by atoms with Crippen LogP contribution in [0.15, 0.2) is 41.1 Å². The molecule has 0 aliphatic heterocycles. The molecule has 1 atom stereocenters. The third-order valence-corrected chi connectivity index (χ3v) is 3.65. The zero-order chi connectivity index (χ0) is 13.7. The van der Waals surface area contributed by atoms with E-state index < -0.39 is 6.10 Å². The lowest BCUT2D eigenvalue weighted by atomic mass is 10.1. The number of hydrogen-bond acceptors (Lipinski definition) is 3. The van der Waals surface area contributed by atoms with Crippen molar-refractivity contribution in [2.45, 2.75) is 12.5 Å². The average Bonchev–Trinajstić information content (AvgIpc) is 2.92. The summed E-state index contributed by atoms with van der Waals surface area (Å²) in [4.78, 5) is 11.8. The van der Waals surface area contributed by atoms with Crippen molar-refractivity contribution < 1.29 is 9.90 Å². The number of thiophene rings is 1. The van der Waals surface area contributed by atoms with Gasteiger partial charge in [0.1, 0.15) is 0 Å². The van der Waals surface area contributed by atoms with E-state index in [4.69, 9.17) is 11.6 Å². The van der Waals surface area contributed by atoms with Gasteiger partial charge in [-0.25, -0.2) is 0 Å². The number of nitrogens with one attached hydrogen (secondary N) is 1. The fourth-order valence-electron chi connectivity index (χ4n) is 1.69. The summed E-state index contributed by atoms with van der Waals surface area (Å²) in [5.41, 5.74) is 1.42. The van der Waals surface area contributed by atoms with Crippen LogP contribution in [-0.2, 0) is 0 Å². The van der Waals surface area contributed by atoms with Crippen LogP contribution in [-0.4, -0.2) is 17.6 Å². The first kappa shape index (κ1) is 14.1. The lowest BCUT2D eigenvalue weighted by molar-refractivity contribution is 0.0942. The lowest BCUT2D eigenvalue weighted by Crippen LogP contribution is -2.25. The van der Waals surface area contributed by atoms with Gasteiger partial charge in [0.2, 0.25) is 0 Å². The summed E-state index contributed by atoms with van der Waals surface area (Å²) in [6.45, 7) is 0.419. The number of aliphatic hydroxyl groups excluding tert-OH is 1. The number of aliphatic hydroxyl groups is 1. The molecule has 0 aliphatic carbocycles. The SMILES string of the molecule is O=C(NCC[C@@H](O)c1ccsc1)c1cccc(Cl)c1. The molecule has 1 heterocycles. The van der Waals surface area contributed by atoms with Gasteiger partial charge in [0.25, 0.3) is 5.91 Å². The van der Waals surface area contributed by atoms with Gasteiger partial charge in [-0.3, -0.25) is 4.79 Å². The third-order valence-electron chi connectivity index (χ3n) is 2.72. The molecule has 19 heavy (non-hydrogen) atoms. The molecule has 0 saturated heterocycles. The van der Waals surface area contributed by atoms with Gasteiger partial charge in [0, 0.05) is 17.1 Å². The van der Waals surface area contributed by atoms with Gasteiger partial charge in [-0.1, -0.05) is 17.7 Å². The molecule has 0 radical (unpaired) electrons. The fraction of sp³-hybridized carbons (Fsp3) is 0.214. The van der Waals surface area contributed by atoms with Crippen molar-refractivity contribution in [3.63, 3.8) is 0 Å². The number of rotatable bonds is 5. The van der Waals surface area contributed by atoms with E-state index in [9.17, 15) is 9.90 Å². The highest BCUT2D eigenvalue weighted by Gasteiger charge is 2.09. The van der Waals surface area contributed by atoms with Gasteiger partial charge >= 0.3 is 0 Å². The molecule has 5 heteroatoms. The second kappa shape index (κ2) is 6.70. The predicted molar refractivity (Wildman–Crippen MR) is 77.7 cm³/mol. The Balaban J connectivity index is 1.81. The summed E-state index contributed by atoms with van der Waals surface area (Å²) in [6.07, 6.45) is -0.0471. The van der Waals surface area contributed by atoms with E-state index in [2.05, 4.69) is 5.32 Å².